The van der Waals surface area contributed by atoms with Gasteiger partial charge >= 0.3 is 0 Å². The maximum Gasteiger partial charge on any atom is 0.270 e. The lowest BCUT2D eigenvalue weighted by atomic mass is 10.00. The van der Waals surface area contributed by atoms with Crippen LogP contribution in [0, 0.1) is 6.92 Å². The van der Waals surface area contributed by atoms with Crippen molar-refractivity contribution in [2.45, 2.75) is 45.1 Å². The Morgan fingerprint density at radius 1 is 0.968 bits per heavy atom. The Balaban J connectivity index is 1.29. The molecule has 3 aliphatic rings. The SMILES string of the molecule is Cc1sc2cc(C(=O)N3CCC(N4CCCCC4)CC3)[nH]c2c1C(=O)N1CCOCC1. The van der Waals surface area contributed by atoms with E-state index < -0.39 is 0 Å². The molecule has 2 aromatic heterocycles. The van der Waals surface area contributed by atoms with Crippen molar-refractivity contribution in [2.24, 2.45) is 0 Å². The summed E-state index contributed by atoms with van der Waals surface area (Å²) in [5, 5.41) is 0. The molecule has 5 heterocycles. The van der Waals surface area contributed by atoms with E-state index in [2.05, 4.69) is 9.88 Å². The highest BCUT2D eigenvalue weighted by Crippen LogP contribution is 2.33. The van der Waals surface area contributed by atoms with Crippen molar-refractivity contribution in [3.8, 4) is 0 Å². The van der Waals surface area contributed by atoms with Crippen molar-refractivity contribution in [1.82, 2.24) is 19.7 Å². The van der Waals surface area contributed by atoms with Crippen molar-refractivity contribution < 1.29 is 14.3 Å². The molecule has 0 saturated carbocycles. The van der Waals surface area contributed by atoms with Crippen LogP contribution in [0.5, 0.6) is 0 Å². The topological polar surface area (TPSA) is 68.9 Å². The Morgan fingerprint density at radius 3 is 2.35 bits per heavy atom. The zero-order valence-electron chi connectivity index (χ0n) is 18.3. The fourth-order valence-corrected chi connectivity index (χ4v) is 6.33. The molecular formula is C23H32N4O3S. The van der Waals surface area contributed by atoms with Gasteiger partial charge in [-0.05, 0) is 51.8 Å². The maximum absolute atomic E-state index is 13.2. The molecule has 31 heavy (non-hydrogen) atoms. The monoisotopic (exact) mass is 444 g/mol. The minimum Gasteiger partial charge on any atom is -0.378 e. The van der Waals surface area contributed by atoms with Gasteiger partial charge in [0.15, 0.2) is 0 Å². The van der Waals surface area contributed by atoms with E-state index in [-0.39, 0.29) is 11.8 Å². The smallest absolute Gasteiger partial charge is 0.270 e. The highest BCUT2D eigenvalue weighted by Gasteiger charge is 2.30. The molecule has 2 aromatic rings. The number of aromatic nitrogens is 1. The van der Waals surface area contributed by atoms with Crippen molar-refractivity contribution in [3.63, 3.8) is 0 Å². The fourth-order valence-electron chi connectivity index (χ4n) is 5.28. The van der Waals surface area contributed by atoms with Gasteiger partial charge in [-0.2, -0.15) is 0 Å². The number of rotatable bonds is 3. The second-order valence-corrected chi connectivity index (χ2v) is 10.2. The molecule has 0 aromatic carbocycles. The quantitative estimate of drug-likeness (QED) is 0.790. The summed E-state index contributed by atoms with van der Waals surface area (Å²) in [6.45, 7) is 8.44. The third kappa shape index (κ3) is 4.13. The van der Waals surface area contributed by atoms with E-state index in [0.717, 1.165) is 41.0 Å². The first-order chi connectivity index (χ1) is 15.1. The standard InChI is InChI=1S/C23H32N4O3S/c1-16-20(23(29)27-11-13-30-14-12-27)21-19(31-16)15-18(24-21)22(28)26-9-5-17(6-10-26)25-7-3-2-4-8-25/h15,17,24H,2-14H2,1H3. The van der Waals surface area contributed by atoms with Gasteiger partial charge in [-0.25, -0.2) is 0 Å². The molecule has 0 spiro atoms. The summed E-state index contributed by atoms with van der Waals surface area (Å²) >= 11 is 1.59. The Labute approximate surface area is 187 Å². The molecule has 8 heteroatoms. The van der Waals surface area contributed by atoms with Crippen molar-refractivity contribution in [2.75, 3.05) is 52.5 Å². The van der Waals surface area contributed by atoms with Gasteiger partial charge in [-0.1, -0.05) is 6.42 Å². The number of likely N-dealkylation sites (tertiary alicyclic amines) is 2. The predicted octanol–water partition coefficient (Wildman–Crippen LogP) is 3.10. The number of hydrogen-bond acceptors (Lipinski definition) is 5. The molecule has 3 saturated heterocycles. The predicted molar refractivity (Wildman–Crippen MR) is 122 cm³/mol. The summed E-state index contributed by atoms with van der Waals surface area (Å²) in [5.74, 6) is 0.0955. The first-order valence-corrected chi connectivity index (χ1v) is 12.5. The lowest BCUT2D eigenvalue weighted by molar-refractivity contribution is 0.0304. The number of ether oxygens (including phenoxy) is 1. The number of aryl methyl sites for hydroxylation is 1. The lowest BCUT2D eigenvalue weighted by Gasteiger charge is -2.40. The molecular weight excluding hydrogens is 412 g/mol. The zero-order valence-corrected chi connectivity index (χ0v) is 19.1. The number of morpholine rings is 1. The summed E-state index contributed by atoms with van der Waals surface area (Å²) in [4.78, 5) is 37.1. The van der Waals surface area contributed by atoms with Gasteiger partial charge in [0.05, 0.1) is 29.0 Å². The number of nitrogens with zero attached hydrogens (tertiary/aromatic N) is 3. The van der Waals surface area contributed by atoms with Crippen LogP contribution < -0.4 is 0 Å². The summed E-state index contributed by atoms with van der Waals surface area (Å²) in [7, 11) is 0. The first-order valence-electron chi connectivity index (χ1n) is 11.6. The fraction of sp³-hybridized carbons (Fsp3) is 0.652. The zero-order chi connectivity index (χ0) is 21.4. The lowest BCUT2D eigenvalue weighted by Crippen LogP contribution is -2.48. The van der Waals surface area contributed by atoms with Gasteiger partial charge < -0.3 is 24.4 Å². The van der Waals surface area contributed by atoms with Crippen molar-refractivity contribution in [3.05, 3.63) is 22.2 Å². The number of H-pyrrole nitrogens is 1. The van der Waals surface area contributed by atoms with Gasteiger partial charge in [0.1, 0.15) is 5.69 Å². The number of nitrogens with one attached hydrogen (secondary N) is 1. The molecule has 0 atom stereocenters. The Hall–Kier alpha value is -1.90. The van der Waals surface area contributed by atoms with Crippen molar-refractivity contribution >= 4 is 33.4 Å². The Kier molecular flexibility index (Phi) is 6.03. The van der Waals surface area contributed by atoms with Crippen LogP contribution >= 0.6 is 11.3 Å². The summed E-state index contributed by atoms with van der Waals surface area (Å²) in [6, 6.07) is 2.55. The molecule has 0 radical (unpaired) electrons. The number of amides is 2. The van der Waals surface area contributed by atoms with Gasteiger partial charge in [-0.15, -0.1) is 11.3 Å². The minimum atomic E-state index is 0.0373. The maximum atomic E-state index is 13.2. The molecule has 0 bridgehead atoms. The van der Waals surface area contributed by atoms with Gasteiger partial charge in [-0.3, -0.25) is 9.59 Å². The van der Waals surface area contributed by atoms with E-state index in [9.17, 15) is 9.59 Å². The molecule has 1 N–H and O–H groups in total. The second kappa shape index (κ2) is 8.92. The molecule has 168 valence electrons. The highest BCUT2D eigenvalue weighted by molar-refractivity contribution is 7.19. The van der Waals surface area contributed by atoms with E-state index in [0.29, 0.717) is 43.6 Å². The number of carbonyl (C=O) groups excluding carboxylic acids is 2. The molecule has 0 unspecified atom stereocenters. The number of fused-ring (bicyclic) bond motifs is 1. The molecule has 3 aliphatic heterocycles. The van der Waals surface area contributed by atoms with E-state index in [1.807, 2.05) is 22.8 Å². The van der Waals surface area contributed by atoms with E-state index in [4.69, 9.17) is 4.74 Å². The van der Waals surface area contributed by atoms with Crippen molar-refractivity contribution in [1.29, 1.82) is 0 Å². The van der Waals surface area contributed by atoms with E-state index >= 15 is 0 Å². The van der Waals surface area contributed by atoms with E-state index in [1.165, 1.54) is 32.4 Å². The van der Waals surface area contributed by atoms with Gasteiger partial charge in [0.25, 0.3) is 11.8 Å². The Morgan fingerprint density at radius 2 is 1.65 bits per heavy atom. The highest BCUT2D eigenvalue weighted by atomic mass is 32.1. The second-order valence-electron chi connectivity index (χ2n) is 8.98. The van der Waals surface area contributed by atoms with E-state index in [1.54, 1.807) is 11.3 Å². The Bertz CT molecular complexity index is 948. The van der Waals surface area contributed by atoms with Crippen LogP contribution in [0.3, 0.4) is 0 Å². The largest absolute Gasteiger partial charge is 0.378 e. The van der Waals surface area contributed by atoms with Crippen LogP contribution in [-0.4, -0.2) is 90.0 Å². The molecule has 2 amide bonds. The summed E-state index contributed by atoms with van der Waals surface area (Å²) < 4.78 is 6.37. The third-order valence-electron chi connectivity index (χ3n) is 7.05. The van der Waals surface area contributed by atoms with Crippen LogP contribution in [0.1, 0.15) is 57.8 Å². The normalized spacial score (nSPS) is 21.7. The number of hydrogen-bond donors (Lipinski definition) is 1. The third-order valence-corrected chi connectivity index (χ3v) is 8.10. The molecule has 0 aliphatic carbocycles. The van der Waals surface area contributed by atoms with Crippen LogP contribution in [0.4, 0.5) is 0 Å². The number of piperidine rings is 2. The van der Waals surface area contributed by atoms with Crippen LogP contribution in [0.2, 0.25) is 0 Å². The minimum absolute atomic E-state index is 0.0373. The molecule has 5 rings (SSSR count). The summed E-state index contributed by atoms with van der Waals surface area (Å²) in [6.07, 6.45) is 6.08. The molecule has 3 fully saturated rings. The molecule has 7 nitrogen and oxygen atoms in total. The summed E-state index contributed by atoms with van der Waals surface area (Å²) in [5.41, 5.74) is 2.13. The number of aromatic amines is 1. The average molecular weight is 445 g/mol. The number of carbonyl (C=O) groups is 2. The average Bonchev–Trinajstić information content (AvgIpc) is 3.36. The number of thiophene rings is 1. The van der Waals surface area contributed by atoms with Gasteiger partial charge in [0, 0.05) is 37.1 Å². The van der Waals surface area contributed by atoms with Gasteiger partial charge in [0.2, 0.25) is 0 Å². The van der Waals surface area contributed by atoms with Crippen LogP contribution in [-0.2, 0) is 4.74 Å². The van der Waals surface area contributed by atoms with Crippen LogP contribution in [0.15, 0.2) is 6.07 Å². The van der Waals surface area contributed by atoms with Crippen LogP contribution in [0.25, 0.3) is 10.2 Å². The first kappa shape index (κ1) is 21.0.